The minimum Gasteiger partial charge on any atom is -0.507 e. The Morgan fingerprint density at radius 1 is 1.60 bits per heavy atom. The molecule has 0 saturated carbocycles. The van der Waals surface area contributed by atoms with Crippen LogP contribution < -0.4 is 0 Å². The summed E-state index contributed by atoms with van der Waals surface area (Å²) in [6.45, 7) is 2.07. The number of ether oxygens (including phenoxy) is 1. The predicted octanol–water partition coefficient (Wildman–Crippen LogP) is 1.37. The Morgan fingerprint density at radius 3 is 2.93 bits per heavy atom. The zero-order valence-corrected chi connectivity index (χ0v) is 8.36. The Labute approximate surface area is 87.7 Å². The van der Waals surface area contributed by atoms with Gasteiger partial charge in [-0.1, -0.05) is 6.07 Å². The van der Waals surface area contributed by atoms with Crippen molar-refractivity contribution in [3.63, 3.8) is 0 Å². The molecule has 4 nitrogen and oxygen atoms in total. The van der Waals surface area contributed by atoms with Gasteiger partial charge in [0.25, 0.3) is 0 Å². The van der Waals surface area contributed by atoms with Crippen molar-refractivity contribution in [1.82, 2.24) is 0 Å². The average Bonchev–Trinajstić information content (AvgIpc) is 2.21. The molecule has 0 spiro atoms. The maximum absolute atomic E-state index is 11.1. The molecule has 0 saturated heterocycles. The quantitative estimate of drug-likeness (QED) is 0.756. The van der Waals surface area contributed by atoms with Gasteiger partial charge in [0, 0.05) is 0 Å². The van der Waals surface area contributed by atoms with Crippen molar-refractivity contribution < 1.29 is 14.6 Å². The summed E-state index contributed by atoms with van der Waals surface area (Å²) in [7, 11) is 0. The molecule has 0 unspecified atom stereocenters. The van der Waals surface area contributed by atoms with Crippen LogP contribution in [0.3, 0.4) is 0 Å². The highest BCUT2D eigenvalue weighted by atomic mass is 16.5. The molecule has 0 heterocycles. The van der Waals surface area contributed by atoms with Gasteiger partial charge in [0.05, 0.1) is 18.6 Å². The van der Waals surface area contributed by atoms with Crippen LogP contribution in [0.4, 0.5) is 0 Å². The molecule has 4 heteroatoms. The van der Waals surface area contributed by atoms with E-state index in [-0.39, 0.29) is 23.7 Å². The second kappa shape index (κ2) is 5.01. The standard InChI is InChI=1S/C11H11NO3/c1-2-15-11(14)6-8-3-4-10(13)9(5-8)7-12/h3-5,13H,2,6H2,1H3. The van der Waals surface area contributed by atoms with Gasteiger partial charge in [0.15, 0.2) is 0 Å². The minimum atomic E-state index is -0.341. The highest BCUT2D eigenvalue weighted by molar-refractivity contribution is 5.72. The van der Waals surface area contributed by atoms with E-state index in [0.717, 1.165) is 0 Å². The molecule has 0 aromatic heterocycles. The number of phenolic OH excluding ortho intramolecular Hbond substituents is 1. The van der Waals surface area contributed by atoms with Crippen molar-refractivity contribution in [3.8, 4) is 11.8 Å². The molecule has 1 aromatic carbocycles. The van der Waals surface area contributed by atoms with E-state index in [1.165, 1.54) is 12.1 Å². The Bertz CT molecular complexity index is 407. The first-order valence-corrected chi connectivity index (χ1v) is 4.55. The van der Waals surface area contributed by atoms with E-state index in [4.69, 9.17) is 10.00 Å². The van der Waals surface area contributed by atoms with Crippen molar-refractivity contribution in [2.75, 3.05) is 6.61 Å². The second-order valence-corrected chi connectivity index (χ2v) is 2.95. The van der Waals surface area contributed by atoms with Crippen LogP contribution in [0.5, 0.6) is 5.75 Å². The van der Waals surface area contributed by atoms with Gasteiger partial charge in [-0.05, 0) is 24.6 Å². The normalized spacial score (nSPS) is 9.33. The van der Waals surface area contributed by atoms with Crippen LogP contribution in [0.1, 0.15) is 18.1 Å². The number of nitrogens with zero attached hydrogens (tertiary/aromatic N) is 1. The van der Waals surface area contributed by atoms with Gasteiger partial charge >= 0.3 is 5.97 Å². The summed E-state index contributed by atoms with van der Waals surface area (Å²) in [5.74, 6) is -0.419. The fourth-order valence-corrected chi connectivity index (χ4v) is 1.16. The van der Waals surface area contributed by atoms with E-state index in [2.05, 4.69) is 0 Å². The lowest BCUT2D eigenvalue weighted by Crippen LogP contribution is -2.07. The number of hydrogen-bond acceptors (Lipinski definition) is 4. The lowest BCUT2D eigenvalue weighted by Gasteiger charge is -2.03. The summed E-state index contributed by atoms with van der Waals surface area (Å²) in [6.07, 6.45) is 0.114. The van der Waals surface area contributed by atoms with Gasteiger partial charge in [0.1, 0.15) is 11.8 Å². The van der Waals surface area contributed by atoms with Crippen LogP contribution in [0.2, 0.25) is 0 Å². The van der Waals surface area contributed by atoms with Crippen LogP contribution in [0.25, 0.3) is 0 Å². The van der Waals surface area contributed by atoms with Crippen LogP contribution in [-0.2, 0) is 16.0 Å². The first kappa shape index (κ1) is 11.1. The summed E-state index contributed by atoms with van der Waals surface area (Å²) < 4.78 is 4.77. The first-order chi connectivity index (χ1) is 7.17. The third kappa shape index (κ3) is 2.99. The number of carbonyl (C=O) groups is 1. The first-order valence-electron chi connectivity index (χ1n) is 4.55. The maximum Gasteiger partial charge on any atom is 0.310 e. The van der Waals surface area contributed by atoms with E-state index in [1.54, 1.807) is 13.0 Å². The number of aromatic hydroxyl groups is 1. The molecule has 1 aromatic rings. The number of benzene rings is 1. The molecule has 0 atom stereocenters. The maximum atomic E-state index is 11.1. The Morgan fingerprint density at radius 2 is 2.33 bits per heavy atom. The lowest BCUT2D eigenvalue weighted by molar-refractivity contribution is -0.142. The third-order valence-corrected chi connectivity index (χ3v) is 1.84. The number of nitriles is 1. The highest BCUT2D eigenvalue weighted by Gasteiger charge is 2.06. The fraction of sp³-hybridized carbons (Fsp3) is 0.273. The van der Waals surface area contributed by atoms with E-state index < -0.39 is 0 Å². The topological polar surface area (TPSA) is 70.3 Å². The lowest BCUT2D eigenvalue weighted by atomic mass is 10.1. The largest absolute Gasteiger partial charge is 0.507 e. The fourth-order valence-electron chi connectivity index (χ4n) is 1.16. The Hall–Kier alpha value is -2.02. The van der Waals surface area contributed by atoms with Crippen molar-refractivity contribution in [3.05, 3.63) is 29.3 Å². The van der Waals surface area contributed by atoms with Crippen LogP contribution >= 0.6 is 0 Å². The molecule has 0 fully saturated rings. The summed E-state index contributed by atoms with van der Waals surface area (Å²) >= 11 is 0. The van der Waals surface area contributed by atoms with E-state index in [9.17, 15) is 9.90 Å². The number of carbonyl (C=O) groups excluding carboxylic acids is 1. The summed E-state index contributed by atoms with van der Waals surface area (Å²) in [5, 5.41) is 17.9. The van der Waals surface area contributed by atoms with Gasteiger partial charge in [-0.25, -0.2) is 0 Å². The van der Waals surface area contributed by atoms with Crippen molar-refractivity contribution in [2.24, 2.45) is 0 Å². The summed E-state index contributed by atoms with van der Waals surface area (Å²) in [6, 6.07) is 6.30. The van der Waals surface area contributed by atoms with Crippen LogP contribution in [0.15, 0.2) is 18.2 Å². The highest BCUT2D eigenvalue weighted by Crippen LogP contribution is 2.17. The molecule has 0 radical (unpaired) electrons. The van der Waals surface area contributed by atoms with Gasteiger partial charge < -0.3 is 9.84 Å². The molecule has 0 aliphatic heterocycles. The van der Waals surface area contributed by atoms with E-state index in [0.29, 0.717) is 12.2 Å². The molecule has 0 aliphatic carbocycles. The smallest absolute Gasteiger partial charge is 0.310 e. The molecule has 78 valence electrons. The molecule has 0 amide bonds. The predicted molar refractivity (Wildman–Crippen MR) is 53.2 cm³/mol. The SMILES string of the molecule is CCOC(=O)Cc1ccc(O)c(C#N)c1. The second-order valence-electron chi connectivity index (χ2n) is 2.95. The summed E-state index contributed by atoms with van der Waals surface area (Å²) in [5.41, 5.74) is 0.819. The molecular weight excluding hydrogens is 194 g/mol. The molecule has 0 aliphatic rings. The summed E-state index contributed by atoms with van der Waals surface area (Å²) in [4.78, 5) is 11.1. The van der Waals surface area contributed by atoms with Crippen molar-refractivity contribution in [2.45, 2.75) is 13.3 Å². The average molecular weight is 205 g/mol. The number of hydrogen-bond donors (Lipinski definition) is 1. The number of esters is 1. The van der Waals surface area contributed by atoms with Gasteiger partial charge in [-0.3, -0.25) is 4.79 Å². The van der Waals surface area contributed by atoms with E-state index >= 15 is 0 Å². The molecule has 0 bridgehead atoms. The molecule has 1 N–H and O–H groups in total. The third-order valence-electron chi connectivity index (χ3n) is 1.84. The molecular formula is C11H11NO3. The van der Waals surface area contributed by atoms with Crippen LogP contribution in [-0.4, -0.2) is 17.7 Å². The molecule has 15 heavy (non-hydrogen) atoms. The van der Waals surface area contributed by atoms with Crippen LogP contribution in [0, 0.1) is 11.3 Å². The number of rotatable bonds is 3. The van der Waals surface area contributed by atoms with E-state index in [1.807, 2.05) is 6.07 Å². The monoisotopic (exact) mass is 205 g/mol. The Kier molecular flexibility index (Phi) is 3.69. The minimum absolute atomic E-state index is 0.0786. The number of phenols is 1. The zero-order valence-electron chi connectivity index (χ0n) is 8.36. The van der Waals surface area contributed by atoms with Gasteiger partial charge in [-0.15, -0.1) is 0 Å². The molecule has 1 rings (SSSR count). The van der Waals surface area contributed by atoms with Gasteiger partial charge in [0.2, 0.25) is 0 Å². The Balaban J connectivity index is 2.80. The zero-order chi connectivity index (χ0) is 11.3. The van der Waals surface area contributed by atoms with Crippen molar-refractivity contribution in [1.29, 1.82) is 5.26 Å². The van der Waals surface area contributed by atoms with Gasteiger partial charge in [-0.2, -0.15) is 5.26 Å². The van der Waals surface area contributed by atoms with Crippen molar-refractivity contribution >= 4 is 5.97 Å².